The number of rotatable bonds is 7. The zero-order valence-electron chi connectivity index (χ0n) is 13.2. The van der Waals surface area contributed by atoms with Crippen molar-refractivity contribution in [3.63, 3.8) is 0 Å². The topological polar surface area (TPSA) is 47.6 Å². The van der Waals surface area contributed by atoms with Crippen LogP contribution in [-0.2, 0) is 4.79 Å². The molecule has 0 unspecified atom stereocenters. The lowest BCUT2D eigenvalue weighted by Crippen LogP contribution is -2.27. The lowest BCUT2D eigenvalue weighted by atomic mass is 10.3. The third kappa shape index (κ3) is 5.11. The van der Waals surface area contributed by atoms with E-state index >= 15 is 0 Å². The zero-order valence-corrected chi connectivity index (χ0v) is 14.8. The monoisotopic (exact) mass is 361 g/mol. The molecule has 0 aliphatic carbocycles. The highest BCUT2D eigenvalue weighted by atomic mass is 32.2. The standard InChI is InChI=1S/C18H19NO3S2/c20-18(19-8-11-23-14-4-2-1-3-5-14)13-24-15-6-7-16-17(12-15)22-10-9-21-16/h1-7,12H,8-11,13H2,(H,19,20). The smallest absolute Gasteiger partial charge is 0.230 e. The predicted octanol–water partition coefficient (Wildman–Crippen LogP) is 3.46. The van der Waals surface area contributed by atoms with E-state index in [1.54, 1.807) is 11.8 Å². The van der Waals surface area contributed by atoms with E-state index in [9.17, 15) is 4.79 Å². The molecule has 2 aromatic rings. The van der Waals surface area contributed by atoms with Crippen molar-refractivity contribution in [3.05, 3.63) is 48.5 Å². The molecule has 24 heavy (non-hydrogen) atoms. The van der Waals surface area contributed by atoms with Gasteiger partial charge in [0.05, 0.1) is 5.75 Å². The molecular weight excluding hydrogens is 342 g/mol. The summed E-state index contributed by atoms with van der Waals surface area (Å²) in [5.41, 5.74) is 0. The summed E-state index contributed by atoms with van der Waals surface area (Å²) in [7, 11) is 0. The minimum atomic E-state index is 0.0450. The van der Waals surface area contributed by atoms with Crippen LogP contribution in [0.5, 0.6) is 11.5 Å². The van der Waals surface area contributed by atoms with Crippen LogP contribution in [0.2, 0.25) is 0 Å². The molecule has 0 fully saturated rings. The molecule has 0 atom stereocenters. The molecule has 0 spiro atoms. The van der Waals surface area contributed by atoms with Crippen molar-refractivity contribution in [2.75, 3.05) is 31.3 Å². The normalized spacial score (nSPS) is 12.7. The van der Waals surface area contributed by atoms with Gasteiger partial charge in [0.15, 0.2) is 11.5 Å². The first-order valence-corrected chi connectivity index (χ1v) is 9.75. The number of fused-ring (bicyclic) bond motifs is 1. The van der Waals surface area contributed by atoms with Gasteiger partial charge in [-0.15, -0.1) is 23.5 Å². The Labute approximate surface area is 150 Å². The number of ether oxygens (including phenoxy) is 2. The van der Waals surface area contributed by atoms with Gasteiger partial charge >= 0.3 is 0 Å². The third-order valence-electron chi connectivity index (χ3n) is 3.32. The van der Waals surface area contributed by atoms with Gasteiger partial charge in [0.1, 0.15) is 13.2 Å². The van der Waals surface area contributed by atoms with Crippen LogP contribution >= 0.6 is 23.5 Å². The largest absolute Gasteiger partial charge is 0.486 e. The molecule has 0 saturated heterocycles. The van der Waals surface area contributed by atoms with Crippen LogP contribution in [0, 0.1) is 0 Å². The molecule has 1 heterocycles. The van der Waals surface area contributed by atoms with Gasteiger partial charge in [-0.05, 0) is 30.3 Å². The van der Waals surface area contributed by atoms with Crippen LogP contribution in [0.3, 0.4) is 0 Å². The number of nitrogens with one attached hydrogen (secondary N) is 1. The molecule has 1 aliphatic rings. The molecule has 1 amide bonds. The molecule has 4 nitrogen and oxygen atoms in total. The van der Waals surface area contributed by atoms with E-state index in [0.29, 0.717) is 25.5 Å². The van der Waals surface area contributed by atoms with Crippen LogP contribution in [0.25, 0.3) is 0 Å². The van der Waals surface area contributed by atoms with Gasteiger partial charge in [0.2, 0.25) is 5.91 Å². The van der Waals surface area contributed by atoms with Gasteiger partial charge in [-0.1, -0.05) is 18.2 Å². The minimum absolute atomic E-state index is 0.0450. The number of carbonyl (C=O) groups excluding carboxylic acids is 1. The predicted molar refractivity (Wildman–Crippen MR) is 98.3 cm³/mol. The van der Waals surface area contributed by atoms with Crippen molar-refractivity contribution in [2.24, 2.45) is 0 Å². The van der Waals surface area contributed by atoms with Gasteiger partial charge in [0, 0.05) is 22.1 Å². The summed E-state index contributed by atoms with van der Waals surface area (Å²) in [6.07, 6.45) is 0. The molecule has 1 aliphatic heterocycles. The fourth-order valence-corrected chi connectivity index (χ4v) is 3.73. The average molecular weight is 361 g/mol. The van der Waals surface area contributed by atoms with Crippen molar-refractivity contribution in [3.8, 4) is 11.5 Å². The summed E-state index contributed by atoms with van der Waals surface area (Å²) < 4.78 is 11.0. The maximum atomic E-state index is 11.9. The van der Waals surface area contributed by atoms with Crippen molar-refractivity contribution in [2.45, 2.75) is 9.79 Å². The Hall–Kier alpha value is -1.79. The fraction of sp³-hybridized carbons (Fsp3) is 0.278. The summed E-state index contributed by atoms with van der Waals surface area (Å²) in [6, 6.07) is 16.0. The maximum absolute atomic E-state index is 11.9. The van der Waals surface area contributed by atoms with Crippen LogP contribution in [0.4, 0.5) is 0 Å². The van der Waals surface area contributed by atoms with Crippen molar-refractivity contribution in [1.82, 2.24) is 5.32 Å². The lowest BCUT2D eigenvalue weighted by Gasteiger charge is -2.18. The Balaban J connectivity index is 1.36. The molecule has 1 N–H and O–H groups in total. The summed E-state index contributed by atoms with van der Waals surface area (Å²) >= 11 is 3.24. The molecule has 3 rings (SSSR count). The number of hydrogen-bond donors (Lipinski definition) is 1. The van der Waals surface area contributed by atoms with Crippen LogP contribution in [-0.4, -0.2) is 37.2 Å². The van der Waals surface area contributed by atoms with Crippen molar-refractivity contribution < 1.29 is 14.3 Å². The Morgan fingerprint density at radius 1 is 0.958 bits per heavy atom. The first-order chi connectivity index (χ1) is 11.8. The van der Waals surface area contributed by atoms with Crippen molar-refractivity contribution in [1.29, 1.82) is 0 Å². The fourth-order valence-electron chi connectivity index (χ4n) is 2.19. The van der Waals surface area contributed by atoms with Gasteiger partial charge in [0.25, 0.3) is 0 Å². The molecule has 6 heteroatoms. The highest BCUT2D eigenvalue weighted by Crippen LogP contribution is 2.34. The summed E-state index contributed by atoms with van der Waals surface area (Å²) in [5.74, 6) is 2.84. The zero-order chi connectivity index (χ0) is 16.6. The second-order valence-corrected chi connectivity index (χ2v) is 7.32. The molecule has 0 saturated carbocycles. The van der Waals surface area contributed by atoms with Gasteiger partial charge in [-0.2, -0.15) is 0 Å². The highest BCUT2D eigenvalue weighted by molar-refractivity contribution is 8.00. The van der Waals surface area contributed by atoms with E-state index in [2.05, 4.69) is 17.4 Å². The van der Waals surface area contributed by atoms with E-state index in [1.807, 2.05) is 36.4 Å². The molecule has 126 valence electrons. The van der Waals surface area contributed by atoms with Crippen LogP contribution in [0.1, 0.15) is 0 Å². The third-order valence-corrected chi connectivity index (χ3v) is 5.33. The quantitative estimate of drug-likeness (QED) is 0.604. The molecule has 0 bridgehead atoms. The number of benzene rings is 2. The lowest BCUT2D eigenvalue weighted by molar-refractivity contribution is -0.118. The van der Waals surface area contributed by atoms with E-state index in [1.165, 1.54) is 16.7 Å². The molecular formula is C18H19NO3S2. The van der Waals surface area contributed by atoms with E-state index < -0.39 is 0 Å². The summed E-state index contributed by atoms with van der Waals surface area (Å²) in [4.78, 5) is 14.1. The van der Waals surface area contributed by atoms with E-state index in [-0.39, 0.29) is 5.91 Å². The molecule has 2 aromatic carbocycles. The Kier molecular flexibility index (Phi) is 6.32. The average Bonchev–Trinajstić information content (AvgIpc) is 2.64. The number of amides is 1. The summed E-state index contributed by atoms with van der Waals surface area (Å²) in [5, 5.41) is 2.95. The second-order valence-electron chi connectivity index (χ2n) is 5.11. The Morgan fingerprint density at radius 3 is 2.58 bits per heavy atom. The Morgan fingerprint density at radius 2 is 1.75 bits per heavy atom. The van der Waals surface area contributed by atoms with Crippen LogP contribution < -0.4 is 14.8 Å². The number of thioether (sulfide) groups is 2. The van der Waals surface area contributed by atoms with Crippen molar-refractivity contribution >= 4 is 29.4 Å². The molecule has 0 aromatic heterocycles. The van der Waals surface area contributed by atoms with Gasteiger partial charge in [-0.25, -0.2) is 0 Å². The number of hydrogen-bond acceptors (Lipinski definition) is 5. The first-order valence-electron chi connectivity index (χ1n) is 7.78. The van der Waals surface area contributed by atoms with E-state index in [0.717, 1.165) is 22.1 Å². The first kappa shape index (κ1) is 17.0. The van der Waals surface area contributed by atoms with E-state index in [4.69, 9.17) is 9.47 Å². The minimum Gasteiger partial charge on any atom is -0.486 e. The Bertz CT molecular complexity index is 679. The number of carbonyl (C=O) groups is 1. The summed E-state index contributed by atoms with van der Waals surface area (Å²) in [6.45, 7) is 1.82. The maximum Gasteiger partial charge on any atom is 0.230 e. The van der Waals surface area contributed by atoms with Crippen LogP contribution in [0.15, 0.2) is 58.3 Å². The highest BCUT2D eigenvalue weighted by Gasteiger charge is 2.12. The SMILES string of the molecule is O=C(CSc1ccc2c(c1)OCCO2)NCCSc1ccccc1. The van der Waals surface area contributed by atoms with Gasteiger partial charge in [-0.3, -0.25) is 4.79 Å². The van der Waals surface area contributed by atoms with Gasteiger partial charge < -0.3 is 14.8 Å². The molecule has 0 radical (unpaired) electrons. The second kappa shape index (κ2) is 8.89.